The van der Waals surface area contributed by atoms with E-state index in [1.807, 2.05) is 0 Å². The fraction of sp³-hybridized carbons (Fsp3) is 0.357. The number of carbonyl (C=O) groups is 3. The Hall–Kier alpha value is -2.61. The Morgan fingerprint density at radius 2 is 1.86 bits per heavy atom. The summed E-state index contributed by atoms with van der Waals surface area (Å²) in [5, 5.41) is 10.3. The predicted molar refractivity (Wildman–Crippen MR) is 74.6 cm³/mol. The van der Waals surface area contributed by atoms with Crippen LogP contribution >= 0.6 is 0 Å². The van der Waals surface area contributed by atoms with E-state index in [2.05, 4.69) is 10.9 Å². The van der Waals surface area contributed by atoms with Gasteiger partial charge in [0, 0.05) is 12.1 Å². The number of hydrogen-bond acceptors (Lipinski definition) is 4. The van der Waals surface area contributed by atoms with E-state index in [0.717, 1.165) is 0 Å². The van der Waals surface area contributed by atoms with Crippen molar-refractivity contribution >= 4 is 17.8 Å². The lowest BCUT2D eigenvalue weighted by atomic mass is 10.0. The molecule has 2 atom stereocenters. The molecule has 2 heterocycles. The molecule has 0 spiro atoms. The van der Waals surface area contributed by atoms with Crippen molar-refractivity contribution in [1.29, 1.82) is 0 Å². The van der Waals surface area contributed by atoms with E-state index in [9.17, 15) is 19.6 Å². The highest BCUT2D eigenvalue weighted by molar-refractivity contribution is 5.96. The molecule has 0 aromatic heterocycles. The van der Waals surface area contributed by atoms with Crippen molar-refractivity contribution < 1.29 is 19.6 Å². The number of rotatable bonds is 2. The first-order valence-corrected chi connectivity index (χ1v) is 7.02. The summed E-state index contributed by atoms with van der Waals surface area (Å²) < 4.78 is 0. The van der Waals surface area contributed by atoms with E-state index in [4.69, 9.17) is 0 Å². The number of piperidine rings is 1. The lowest BCUT2D eigenvalue weighted by molar-refractivity contribution is -0.126. The van der Waals surface area contributed by atoms with Gasteiger partial charge in [0.05, 0.1) is 6.04 Å². The van der Waals surface area contributed by atoms with Gasteiger partial charge in [-0.15, -0.1) is 0 Å². The maximum absolute atomic E-state index is 12.2. The van der Waals surface area contributed by atoms with Crippen LogP contribution < -0.4 is 10.9 Å². The summed E-state index contributed by atoms with van der Waals surface area (Å²) in [6, 6.07) is 6.96. The number of fused-ring (bicyclic) bond motifs is 2. The fourth-order valence-corrected chi connectivity index (χ4v) is 2.79. The Morgan fingerprint density at radius 1 is 1.14 bits per heavy atom. The molecule has 2 fully saturated rings. The third-order valence-corrected chi connectivity index (χ3v) is 3.98. The number of carbonyl (C=O) groups excluding carboxylic acids is 3. The Morgan fingerprint density at radius 3 is 2.59 bits per heavy atom. The molecule has 0 aliphatic carbocycles. The smallest absolute Gasteiger partial charge is 0.309 e. The Kier molecular flexibility index (Phi) is 3.68. The van der Waals surface area contributed by atoms with E-state index in [1.165, 1.54) is 4.90 Å². The summed E-state index contributed by atoms with van der Waals surface area (Å²) in [6.07, 6.45) is 0.990. The molecule has 1 aromatic rings. The highest BCUT2D eigenvalue weighted by Crippen LogP contribution is 2.28. The number of urea groups is 1. The number of amides is 4. The minimum Gasteiger partial charge on any atom is -0.309 e. The molecule has 0 saturated carbocycles. The van der Waals surface area contributed by atoms with E-state index >= 15 is 0 Å². The van der Waals surface area contributed by atoms with Crippen LogP contribution in [-0.2, 0) is 4.79 Å². The van der Waals surface area contributed by atoms with Crippen molar-refractivity contribution in [1.82, 2.24) is 20.8 Å². The summed E-state index contributed by atoms with van der Waals surface area (Å²) in [6.45, 7) is 0.319. The standard InChI is InChI=1S/C14H16N4O4/c19-12(9-4-2-1-3-5-9)15-16-13(20)11-7-6-10-8-17(11)14(21)18(10)22/h1-5,10-11,22H,6-8H2,(H,15,19)(H,16,20)/t10?,11-/m0/s1. The monoisotopic (exact) mass is 304 g/mol. The summed E-state index contributed by atoms with van der Waals surface area (Å²) in [5.41, 5.74) is 5.09. The molecule has 1 unspecified atom stereocenters. The summed E-state index contributed by atoms with van der Waals surface area (Å²) in [4.78, 5) is 37.1. The van der Waals surface area contributed by atoms with E-state index < -0.39 is 23.9 Å². The van der Waals surface area contributed by atoms with Crippen molar-refractivity contribution in [2.45, 2.75) is 24.9 Å². The number of nitrogens with zero attached hydrogens (tertiary/aromatic N) is 2. The van der Waals surface area contributed by atoms with Crippen LogP contribution in [-0.4, -0.2) is 51.6 Å². The molecule has 2 aliphatic rings. The van der Waals surface area contributed by atoms with Gasteiger partial charge in [0.25, 0.3) is 11.8 Å². The third-order valence-electron chi connectivity index (χ3n) is 3.98. The normalized spacial score (nSPS) is 23.4. The highest BCUT2D eigenvalue weighted by Gasteiger charge is 2.46. The molecule has 2 aliphatic heterocycles. The van der Waals surface area contributed by atoms with Gasteiger partial charge in [-0.2, -0.15) is 0 Å². The van der Waals surface area contributed by atoms with E-state index in [0.29, 0.717) is 30.0 Å². The summed E-state index contributed by atoms with van der Waals surface area (Å²) in [7, 11) is 0. The first kappa shape index (κ1) is 14.3. The van der Waals surface area contributed by atoms with Crippen molar-refractivity contribution in [3.63, 3.8) is 0 Å². The molecule has 2 saturated heterocycles. The fourth-order valence-electron chi connectivity index (χ4n) is 2.79. The second-order valence-electron chi connectivity index (χ2n) is 5.34. The van der Waals surface area contributed by atoms with Gasteiger partial charge >= 0.3 is 6.03 Å². The second-order valence-corrected chi connectivity index (χ2v) is 5.34. The quantitative estimate of drug-likeness (QED) is 0.533. The van der Waals surface area contributed by atoms with Crippen molar-refractivity contribution in [3.8, 4) is 0 Å². The van der Waals surface area contributed by atoms with E-state index in [1.54, 1.807) is 30.3 Å². The zero-order valence-corrected chi connectivity index (χ0v) is 11.7. The minimum atomic E-state index is -0.683. The van der Waals surface area contributed by atoms with Crippen LogP contribution in [0.4, 0.5) is 4.79 Å². The molecule has 8 heteroatoms. The number of nitrogens with one attached hydrogen (secondary N) is 2. The van der Waals surface area contributed by atoms with Gasteiger partial charge in [-0.05, 0) is 25.0 Å². The van der Waals surface area contributed by atoms with Crippen LogP contribution in [0.25, 0.3) is 0 Å². The van der Waals surface area contributed by atoms with Gasteiger partial charge in [0.1, 0.15) is 6.04 Å². The Bertz CT molecular complexity index is 606. The molecular formula is C14H16N4O4. The molecule has 3 rings (SSSR count). The number of hydroxylamine groups is 2. The Labute approximate surface area is 126 Å². The molecular weight excluding hydrogens is 288 g/mol. The molecule has 0 radical (unpaired) electrons. The van der Waals surface area contributed by atoms with Crippen LogP contribution in [0.5, 0.6) is 0 Å². The first-order valence-electron chi connectivity index (χ1n) is 7.02. The highest BCUT2D eigenvalue weighted by atomic mass is 16.5. The first-order chi connectivity index (χ1) is 10.6. The largest absolute Gasteiger partial charge is 0.344 e. The van der Waals surface area contributed by atoms with E-state index in [-0.39, 0.29) is 6.04 Å². The van der Waals surface area contributed by atoms with Crippen LogP contribution in [0.15, 0.2) is 30.3 Å². The average Bonchev–Trinajstić information content (AvgIpc) is 2.78. The SMILES string of the molecule is O=C(NNC(=O)[C@@H]1CCC2CN1C(=O)N2O)c1ccccc1. The molecule has 4 amide bonds. The lowest BCUT2D eigenvalue weighted by Crippen LogP contribution is -2.54. The van der Waals surface area contributed by atoms with Crippen LogP contribution in [0, 0.1) is 0 Å². The number of hydrazine groups is 1. The average molecular weight is 304 g/mol. The van der Waals surface area contributed by atoms with Crippen LogP contribution in [0.1, 0.15) is 23.2 Å². The summed E-state index contributed by atoms with van der Waals surface area (Å²) >= 11 is 0. The number of benzene rings is 1. The topological polar surface area (TPSA) is 102 Å². The molecule has 3 N–H and O–H groups in total. The molecule has 1 aromatic carbocycles. The van der Waals surface area contributed by atoms with Crippen LogP contribution in [0.3, 0.4) is 0 Å². The van der Waals surface area contributed by atoms with Gasteiger partial charge in [-0.3, -0.25) is 25.6 Å². The van der Waals surface area contributed by atoms with Crippen molar-refractivity contribution in [2.75, 3.05) is 6.54 Å². The zero-order valence-electron chi connectivity index (χ0n) is 11.7. The summed E-state index contributed by atoms with van der Waals surface area (Å²) in [5.74, 6) is -0.898. The lowest BCUT2D eigenvalue weighted by Gasteiger charge is -2.29. The van der Waals surface area contributed by atoms with Gasteiger partial charge in [0.15, 0.2) is 0 Å². The van der Waals surface area contributed by atoms with Crippen molar-refractivity contribution in [2.24, 2.45) is 0 Å². The maximum atomic E-state index is 12.2. The number of hydrogen-bond donors (Lipinski definition) is 3. The second kappa shape index (κ2) is 5.64. The van der Waals surface area contributed by atoms with Crippen LogP contribution in [0.2, 0.25) is 0 Å². The molecule has 8 nitrogen and oxygen atoms in total. The molecule has 22 heavy (non-hydrogen) atoms. The Balaban J connectivity index is 1.59. The maximum Gasteiger partial charge on any atom is 0.344 e. The van der Waals surface area contributed by atoms with Gasteiger partial charge in [-0.25, -0.2) is 9.86 Å². The molecule has 2 bridgehead atoms. The predicted octanol–water partition coefficient (Wildman–Crippen LogP) is 0.105. The third kappa shape index (κ3) is 2.48. The molecule has 116 valence electrons. The van der Waals surface area contributed by atoms with Gasteiger partial charge in [0.2, 0.25) is 0 Å². The zero-order chi connectivity index (χ0) is 15.7. The van der Waals surface area contributed by atoms with Gasteiger partial charge < -0.3 is 4.90 Å². The minimum absolute atomic E-state index is 0.254. The van der Waals surface area contributed by atoms with Gasteiger partial charge in [-0.1, -0.05) is 18.2 Å². The van der Waals surface area contributed by atoms with Crippen molar-refractivity contribution in [3.05, 3.63) is 35.9 Å².